The molecule has 0 bridgehead atoms. The molecule has 0 spiro atoms. The second-order valence-corrected chi connectivity index (χ2v) is 12.1. The van der Waals surface area contributed by atoms with Crippen LogP contribution in [0.15, 0.2) is 71.1 Å². The Bertz CT molecular complexity index is 1330. The van der Waals surface area contributed by atoms with Gasteiger partial charge >= 0.3 is 0 Å². The number of rotatable bonds is 5. The Labute approximate surface area is 222 Å². The number of ether oxygens (including phenoxy) is 1. The zero-order valence-corrected chi connectivity index (χ0v) is 22.2. The molecule has 1 heterocycles. The Morgan fingerprint density at radius 1 is 0.895 bits per heavy atom. The smallest absolute Gasteiger partial charge is 0.262 e. The molecule has 2 aromatic rings. The van der Waals surface area contributed by atoms with E-state index in [0.717, 1.165) is 11.4 Å². The van der Waals surface area contributed by atoms with Crippen molar-refractivity contribution in [2.75, 3.05) is 11.9 Å². The average molecular weight is 517 g/mol. The fraction of sp³-hybridized carbons (Fsp3) is 0.387. The van der Waals surface area contributed by atoms with Gasteiger partial charge in [-0.2, -0.15) is 0 Å². The molecule has 0 aromatic heterocycles. The first kappa shape index (κ1) is 25.9. The molecule has 198 valence electrons. The van der Waals surface area contributed by atoms with Crippen LogP contribution in [0.4, 0.5) is 10.1 Å². The van der Waals surface area contributed by atoms with Gasteiger partial charge in [0.1, 0.15) is 11.6 Å². The number of amides is 1. The lowest BCUT2D eigenvalue weighted by atomic mass is 9.64. The van der Waals surface area contributed by atoms with Crippen molar-refractivity contribution >= 4 is 23.2 Å². The zero-order valence-electron chi connectivity index (χ0n) is 22.2. The molecule has 2 aliphatic carbocycles. The fourth-order valence-electron chi connectivity index (χ4n) is 5.92. The monoisotopic (exact) mass is 516 g/mol. The molecule has 5 rings (SSSR count). The standard InChI is InChI=1S/C31H33FN2O4/c1-30(2)13-21-28(23(35)15-30)27(29-22(34-21)14-31(3,4)16-24(29)36)20-7-5-6-8-25(20)38-17-26(37)33-19-11-9-18(32)10-12-19/h5-12,27,34H,13-17H2,1-4H3,(H,33,37). The third-order valence-electron chi connectivity index (χ3n) is 7.44. The quantitative estimate of drug-likeness (QED) is 0.524. The van der Waals surface area contributed by atoms with Crippen molar-refractivity contribution in [3.05, 3.63) is 82.5 Å². The SMILES string of the molecule is CC1(C)CC(=O)C2=C(C1)NC1=C(C(=O)CC(C)(C)C1)C2c1ccccc1OCC(=O)Nc1ccc(F)cc1. The minimum atomic E-state index is -0.551. The molecule has 6 nitrogen and oxygen atoms in total. The molecule has 0 saturated carbocycles. The van der Waals surface area contributed by atoms with Crippen LogP contribution in [-0.2, 0) is 14.4 Å². The summed E-state index contributed by atoms with van der Waals surface area (Å²) in [6.45, 7) is 8.06. The number of anilines is 1. The Kier molecular flexibility index (Phi) is 6.49. The largest absolute Gasteiger partial charge is 0.483 e. The van der Waals surface area contributed by atoms with Crippen molar-refractivity contribution in [1.82, 2.24) is 5.32 Å². The number of ketones is 2. The van der Waals surface area contributed by atoms with Crippen LogP contribution in [0.5, 0.6) is 5.75 Å². The predicted octanol–water partition coefficient (Wildman–Crippen LogP) is 5.82. The van der Waals surface area contributed by atoms with Crippen LogP contribution in [0.25, 0.3) is 0 Å². The highest BCUT2D eigenvalue weighted by molar-refractivity contribution is 6.07. The van der Waals surface area contributed by atoms with Crippen molar-refractivity contribution < 1.29 is 23.5 Å². The maximum Gasteiger partial charge on any atom is 0.262 e. The van der Waals surface area contributed by atoms with E-state index >= 15 is 0 Å². The van der Waals surface area contributed by atoms with Crippen LogP contribution < -0.4 is 15.4 Å². The van der Waals surface area contributed by atoms with E-state index in [2.05, 4.69) is 38.3 Å². The van der Waals surface area contributed by atoms with Crippen LogP contribution in [0.3, 0.4) is 0 Å². The summed E-state index contributed by atoms with van der Waals surface area (Å²) in [7, 11) is 0. The highest BCUT2D eigenvalue weighted by atomic mass is 19.1. The Hall–Kier alpha value is -3.74. The van der Waals surface area contributed by atoms with E-state index in [0.29, 0.717) is 53.8 Å². The molecule has 7 heteroatoms. The van der Waals surface area contributed by atoms with Crippen molar-refractivity contribution in [3.63, 3.8) is 0 Å². The Balaban J connectivity index is 1.50. The summed E-state index contributed by atoms with van der Waals surface area (Å²) in [5.74, 6) is -0.836. The molecule has 2 N–H and O–H groups in total. The van der Waals surface area contributed by atoms with E-state index in [1.807, 2.05) is 12.1 Å². The number of carbonyl (C=O) groups excluding carboxylic acids is 3. The first-order chi connectivity index (χ1) is 17.9. The number of nitrogens with one attached hydrogen (secondary N) is 2. The highest BCUT2D eigenvalue weighted by Gasteiger charge is 2.47. The number of benzene rings is 2. The third kappa shape index (κ3) is 5.15. The van der Waals surface area contributed by atoms with Gasteiger partial charge in [0.15, 0.2) is 18.2 Å². The minimum Gasteiger partial charge on any atom is -0.483 e. The van der Waals surface area contributed by atoms with Gasteiger partial charge in [-0.25, -0.2) is 4.39 Å². The Morgan fingerprint density at radius 2 is 1.45 bits per heavy atom. The first-order valence-corrected chi connectivity index (χ1v) is 13.0. The first-order valence-electron chi connectivity index (χ1n) is 13.0. The summed E-state index contributed by atoms with van der Waals surface area (Å²) in [6.07, 6.45) is 2.21. The van der Waals surface area contributed by atoms with E-state index in [1.54, 1.807) is 12.1 Å². The molecule has 38 heavy (non-hydrogen) atoms. The lowest BCUT2D eigenvalue weighted by Gasteiger charge is -2.44. The van der Waals surface area contributed by atoms with Crippen molar-refractivity contribution in [2.45, 2.75) is 59.3 Å². The number of carbonyl (C=O) groups is 3. The normalized spacial score (nSPS) is 20.4. The van der Waals surface area contributed by atoms with Crippen molar-refractivity contribution in [1.29, 1.82) is 0 Å². The van der Waals surface area contributed by atoms with E-state index in [-0.39, 0.29) is 29.0 Å². The summed E-state index contributed by atoms with van der Waals surface area (Å²) < 4.78 is 19.2. The maximum absolute atomic E-state index is 13.6. The number of hydrogen-bond acceptors (Lipinski definition) is 5. The number of hydrogen-bond donors (Lipinski definition) is 2. The summed E-state index contributed by atoms with van der Waals surface area (Å²) >= 11 is 0. The van der Waals surface area contributed by atoms with Crippen molar-refractivity contribution in [3.8, 4) is 5.75 Å². The second kappa shape index (κ2) is 9.53. The number of dihydropyridines is 1. The van der Waals surface area contributed by atoms with Gasteiger partial charge in [0.25, 0.3) is 5.91 Å². The third-order valence-corrected chi connectivity index (χ3v) is 7.44. The summed E-state index contributed by atoms with van der Waals surface area (Å²) in [5, 5.41) is 6.21. The highest BCUT2D eigenvalue weighted by Crippen LogP contribution is 2.52. The van der Waals surface area contributed by atoms with Gasteiger partial charge in [-0.1, -0.05) is 45.9 Å². The summed E-state index contributed by atoms with van der Waals surface area (Å²) in [4.78, 5) is 39.7. The van der Waals surface area contributed by atoms with Crippen LogP contribution in [0.2, 0.25) is 0 Å². The van der Waals surface area contributed by atoms with Gasteiger partial charge in [-0.05, 0) is 54.0 Å². The molecule has 0 radical (unpaired) electrons. The molecular formula is C31H33FN2O4. The van der Waals surface area contributed by atoms with Gasteiger partial charge < -0.3 is 15.4 Å². The van der Waals surface area contributed by atoms with Crippen LogP contribution in [0, 0.1) is 16.6 Å². The van der Waals surface area contributed by atoms with Gasteiger partial charge in [-0.15, -0.1) is 0 Å². The molecule has 0 saturated heterocycles. The van der Waals surface area contributed by atoms with Crippen molar-refractivity contribution in [2.24, 2.45) is 10.8 Å². The molecule has 3 aliphatic rings. The molecular weight excluding hydrogens is 483 g/mol. The number of Topliss-reactive ketones (excluding diaryl/α,β-unsaturated/α-hetero) is 2. The number of halogens is 1. The van der Waals surface area contributed by atoms with E-state index in [9.17, 15) is 18.8 Å². The van der Waals surface area contributed by atoms with Gasteiger partial charge in [-0.3, -0.25) is 14.4 Å². The van der Waals surface area contributed by atoms with Gasteiger partial charge in [0.2, 0.25) is 0 Å². The summed E-state index contributed by atoms with van der Waals surface area (Å²) in [6, 6.07) is 12.8. The summed E-state index contributed by atoms with van der Waals surface area (Å²) in [5.41, 5.74) is 3.80. The molecule has 1 aliphatic heterocycles. The maximum atomic E-state index is 13.6. The molecule has 0 unspecified atom stereocenters. The van der Waals surface area contributed by atoms with Gasteiger partial charge in [0.05, 0.1) is 0 Å². The van der Waals surface area contributed by atoms with Crippen LogP contribution in [-0.4, -0.2) is 24.1 Å². The fourth-order valence-corrected chi connectivity index (χ4v) is 5.92. The molecule has 0 atom stereocenters. The lowest BCUT2D eigenvalue weighted by Crippen LogP contribution is -2.42. The second-order valence-electron chi connectivity index (χ2n) is 12.1. The number of para-hydroxylation sites is 1. The van der Waals surface area contributed by atoms with Gasteiger partial charge in [0, 0.05) is 52.6 Å². The predicted molar refractivity (Wildman–Crippen MR) is 143 cm³/mol. The number of allylic oxidation sites excluding steroid dienone is 4. The van der Waals surface area contributed by atoms with E-state index in [1.165, 1.54) is 24.3 Å². The zero-order chi connectivity index (χ0) is 27.2. The molecule has 0 fully saturated rings. The van der Waals surface area contributed by atoms with E-state index in [4.69, 9.17) is 4.74 Å². The average Bonchev–Trinajstić information content (AvgIpc) is 2.81. The Morgan fingerprint density at radius 3 is 2.03 bits per heavy atom. The molecule has 2 aromatic carbocycles. The van der Waals surface area contributed by atoms with Crippen LogP contribution >= 0.6 is 0 Å². The molecule has 1 amide bonds. The lowest BCUT2D eigenvalue weighted by molar-refractivity contribution is -0.120. The minimum absolute atomic E-state index is 0.0294. The topological polar surface area (TPSA) is 84.5 Å². The van der Waals surface area contributed by atoms with E-state index < -0.39 is 17.6 Å². The van der Waals surface area contributed by atoms with Crippen LogP contribution in [0.1, 0.15) is 64.9 Å².